The molecular formula is C30H33N3O5. The molecule has 1 aliphatic heterocycles. The molecule has 0 fully saturated rings. The van der Waals surface area contributed by atoms with Gasteiger partial charge in [-0.3, -0.25) is 9.59 Å². The monoisotopic (exact) mass is 515 g/mol. The normalized spacial score (nSPS) is 13.3. The SMILES string of the molecule is COc1cc(CC(=O)N2CCCc3cc(C(C)CC(=O)O)ccc32)ccc1NC(=O)Nc1ccccc1C. The van der Waals surface area contributed by atoms with Crippen molar-refractivity contribution in [3.8, 4) is 5.75 Å². The first-order valence-corrected chi connectivity index (χ1v) is 12.7. The van der Waals surface area contributed by atoms with Crippen LogP contribution in [-0.2, 0) is 22.4 Å². The maximum atomic E-state index is 13.3. The Morgan fingerprint density at radius 3 is 2.53 bits per heavy atom. The molecule has 0 aromatic heterocycles. The van der Waals surface area contributed by atoms with Gasteiger partial charge in [-0.2, -0.15) is 0 Å². The molecule has 4 rings (SSSR count). The molecule has 3 amide bonds. The van der Waals surface area contributed by atoms with Crippen molar-refractivity contribution in [2.75, 3.05) is 29.2 Å². The first kappa shape index (κ1) is 26.7. The maximum absolute atomic E-state index is 13.3. The van der Waals surface area contributed by atoms with Gasteiger partial charge in [-0.25, -0.2) is 4.79 Å². The first-order valence-electron chi connectivity index (χ1n) is 12.7. The predicted octanol–water partition coefficient (Wildman–Crippen LogP) is 5.75. The number of nitrogens with zero attached hydrogens (tertiary/aromatic N) is 1. The van der Waals surface area contributed by atoms with Crippen LogP contribution in [-0.4, -0.2) is 36.7 Å². The van der Waals surface area contributed by atoms with Gasteiger partial charge in [0.05, 0.1) is 25.6 Å². The van der Waals surface area contributed by atoms with Crippen LogP contribution in [0, 0.1) is 6.92 Å². The fourth-order valence-electron chi connectivity index (χ4n) is 4.77. The third kappa shape index (κ3) is 6.32. The minimum Gasteiger partial charge on any atom is -0.495 e. The Bertz CT molecular complexity index is 1350. The van der Waals surface area contributed by atoms with Gasteiger partial charge in [0, 0.05) is 17.9 Å². The van der Waals surface area contributed by atoms with E-state index in [4.69, 9.17) is 9.84 Å². The molecule has 1 unspecified atom stereocenters. The number of carboxylic acids is 1. The van der Waals surface area contributed by atoms with E-state index in [1.807, 2.05) is 62.4 Å². The second-order valence-corrected chi connectivity index (χ2v) is 9.64. The van der Waals surface area contributed by atoms with E-state index in [-0.39, 0.29) is 30.7 Å². The van der Waals surface area contributed by atoms with Gasteiger partial charge < -0.3 is 25.4 Å². The number of aryl methyl sites for hydroxylation is 2. The van der Waals surface area contributed by atoms with Gasteiger partial charge in [0.15, 0.2) is 0 Å². The zero-order valence-corrected chi connectivity index (χ0v) is 21.9. The van der Waals surface area contributed by atoms with E-state index >= 15 is 0 Å². The highest BCUT2D eigenvalue weighted by Crippen LogP contribution is 2.32. The lowest BCUT2D eigenvalue weighted by Crippen LogP contribution is -2.36. The van der Waals surface area contributed by atoms with Crippen molar-refractivity contribution in [2.24, 2.45) is 0 Å². The van der Waals surface area contributed by atoms with Crippen molar-refractivity contribution in [3.63, 3.8) is 0 Å². The van der Waals surface area contributed by atoms with Crippen LogP contribution in [0.1, 0.15) is 47.9 Å². The average molecular weight is 516 g/mol. The second kappa shape index (κ2) is 11.8. The number of benzene rings is 3. The van der Waals surface area contributed by atoms with E-state index in [1.165, 1.54) is 7.11 Å². The van der Waals surface area contributed by atoms with Crippen LogP contribution in [0.25, 0.3) is 0 Å². The van der Waals surface area contributed by atoms with Crippen molar-refractivity contribution in [2.45, 2.75) is 45.4 Å². The number of urea groups is 1. The van der Waals surface area contributed by atoms with Crippen LogP contribution in [0.3, 0.4) is 0 Å². The van der Waals surface area contributed by atoms with Crippen molar-refractivity contribution in [1.82, 2.24) is 0 Å². The van der Waals surface area contributed by atoms with Crippen LogP contribution in [0.15, 0.2) is 60.7 Å². The second-order valence-electron chi connectivity index (χ2n) is 9.64. The van der Waals surface area contributed by atoms with Crippen molar-refractivity contribution >= 4 is 35.0 Å². The molecule has 0 radical (unpaired) electrons. The Kier molecular flexibility index (Phi) is 8.31. The van der Waals surface area contributed by atoms with E-state index in [1.54, 1.807) is 17.0 Å². The highest BCUT2D eigenvalue weighted by Gasteiger charge is 2.24. The molecule has 8 nitrogen and oxygen atoms in total. The summed E-state index contributed by atoms with van der Waals surface area (Å²) in [4.78, 5) is 38.8. The van der Waals surface area contributed by atoms with Crippen molar-refractivity contribution in [3.05, 3.63) is 82.9 Å². The molecule has 0 saturated carbocycles. The van der Waals surface area contributed by atoms with Gasteiger partial charge in [0.1, 0.15) is 5.75 Å². The summed E-state index contributed by atoms with van der Waals surface area (Å²) in [5.41, 5.74) is 5.86. The fraction of sp³-hybridized carbons (Fsp3) is 0.300. The molecule has 38 heavy (non-hydrogen) atoms. The summed E-state index contributed by atoms with van der Waals surface area (Å²) in [7, 11) is 1.52. The zero-order chi connectivity index (χ0) is 27.2. The van der Waals surface area contributed by atoms with E-state index in [9.17, 15) is 14.4 Å². The number of aliphatic carboxylic acids is 1. The average Bonchev–Trinajstić information content (AvgIpc) is 2.89. The molecule has 8 heteroatoms. The third-order valence-electron chi connectivity index (χ3n) is 6.84. The number of hydrogen-bond acceptors (Lipinski definition) is 4. The molecule has 0 bridgehead atoms. The number of ether oxygens (including phenoxy) is 1. The predicted molar refractivity (Wildman–Crippen MR) is 148 cm³/mol. The number of methoxy groups -OCH3 is 1. The highest BCUT2D eigenvalue weighted by atomic mass is 16.5. The molecule has 1 atom stereocenters. The number of carbonyl (C=O) groups is 3. The lowest BCUT2D eigenvalue weighted by Gasteiger charge is -2.30. The molecule has 3 aromatic rings. The van der Waals surface area contributed by atoms with Crippen molar-refractivity contribution in [1.29, 1.82) is 0 Å². The number of hydrogen-bond donors (Lipinski definition) is 3. The van der Waals surface area contributed by atoms with Gasteiger partial charge in [-0.1, -0.05) is 43.3 Å². The minimum absolute atomic E-state index is 0.0302. The Balaban J connectivity index is 1.45. The fourth-order valence-corrected chi connectivity index (χ4v) is 4.77. The molecule has 3 aromatic carbocycles. The topological polar surface area (TPSA) is 108 Å². The summed E-state index contributed by atoms with van der Waals surface area (Å²) < 4.78 is 5.50. The van der Waals surface area contributed by atoms with Crippen LogP contribution >= 0.6 is 0 Å². The van der Waals surface area contributed by atoms with Crippen molar-refractivity contribution < 1.29 is 24.2 Å². The lowest BCUT2D eigenvalue weighted by atomic mass is 9.92. The number of carboxylic acid groups (broad SMARTS) is 1. The Morgan fingerprint density at radius 1 is 1.03 bits per heavy atom. The van der Waals surface area contributed by atoms with Gasteiger partial charge >= 0.3 is 12.0 Å². The summed E-state index contributed by atoms with van der Waals surface area (Å²) in [6.07, 6.45) is 1.95. The summed E-state index contributed by atoms with van der Waals surface area (Å²) in [6, 6.07) is 18.3. The molecule has 3 N–H and O–H groups in total. The number of carbonyl (C=O) groups excluding carboxylic acids is 2. The quantitative estimate of drug-likeness (QED) is 0.354. The zero-order valence-electron chi connectivity index (χ0n) is 21.9. The standard InChI is InChI=1S/C30H33N3O5/c1-19-7-4-5-9-24(19)31-30(37)32-25-12-10-21(16-27(25)38-3)17-28(34)33-14-6-8-23-18-22(11-13-26(23)33)20(2)15-29(35)36/h4-5,7,9-13,16,18,20H,6,8,14-15,17H2,1-3H3,(H,35,36)(H2,31,32,37). The van der Waals surface area contributed by atoms with Crippen LogP contribution in [0.5, 0.6) is 5.75 Å². The smallest absolute Gasteiger partial charge is 0.323 e. The first-order chi connectivity index (χ1) is 18.2. The Hall–Kier alpha value is -4.33. The van der Waals surface area contributed by atoms with E-state index in [0.717, 1.165) is 46.5 Å². The summed E-state index contributed by atoms with van der Waals surface area (Å²) >= 11 is 0. The third-order valence-corrected chi connectivity index (χ3v) is 6.84. The number of nitrogens with one attached hydrogen (secondary N) is 2. The van der Waals surface area contributed by atoms with E-state index in [2.05, 4.69) is 10.6 Å². The maximum Gasteiger partial charge on any atom is 0.323 e. The van der Waals surface area contributed by atoms with Crippen LogP contribution in [0.2, 0.25) is 0 Å². The number of amides is 3. The number of fused-ring (bicyclic) bond motifs is 1. The number of para-hydroxylation sites is 1. The van der Waals surface area contributed by atoms with E-state index in [0.29, 0.717) is 18.0 Å². The lowest BCUT2D eigenvalue weighted by molar-refractivity contribution is -0.137. The molecule has 0 saturated heterocycles. The number of rotatable bonds is 8. The summed E-state index contributed by atoms with van der Waals surface area (Å²) in [6.45, 7) is 4.45. The Labute approximate surface area is 222 Å². The summed E-state index contributed by atoms with van der Waals surface area (Å²) in [5, 5.41) is 14.8. The van der Waals surface area contributed by atoms with Crippen LogP contribution < -0.4 is 20.3 Å². The largest absolute Gasteiger partial charge is 0.495 e. The molecule has 1 heterocycles. The Morgan fingerprint density at radius 2 is 1.79 bits per heavy atom. The van der Waals surface area contributed by atoms with Gasteiger partial charge in [-0.15, -0.1) is 0 Å². The van der Waals surface area contributed by atoms with E-state index < -0.39 is 5.97 Å². The van der Waals surface area contributed by atoms with Gasteiger partial charge in [0.25, 0.3) is 0 Å². The minimum atomic E-state index is -0.824. The molecule has 198 valence electrons. The number of anilines is 3. The molecule has 1 aliphatic rings. The highest BCUT2D eigenvalue weighted by molar-refractivity contribution is 6.01. The molecule has 0 aliphatic carbocycles. The van der Waals surface area contributed by atoms with Crippen LogP contribution in [0.4, 0.5) is 21.9 Å². The van der Waals surface area contributed by atoms with Gasteiger partial charge in [-0.05, 0) is 72.2 Å². The molecular weight excluding hydrogens is 482 g/mol. The molecule has 0 spiro atoms. The van der Waals surface area contributed by atoms with Gasteiger partial charge in [0.2, 0.25) is 5.91 Å². The summed E-state index contributed by atoms with van der Waals surface area (Å²) in [5.74, 6) is -0.485.